The Morgan fingerprint density at radius 1 is 1.13 bits per heavy atom. The maximum absolute atomic E-state index is 13.5. The summed E-state index contributed by atoms with van der Waals surface area (Å²) < 4.78 is 1.67. The Bertz CT molecular complexity index is 1130. The number of aromatic nitrogens is 2. The third kappa shape index (κ3) is 4.29. The van der Waals surface area contributed by atoms with E-state index in [9.17, 15) is 9.59 Å². The zero-order chi connectivity index (χ0) is 21.3. The Kier molecular flexibility index (Phi) is 5.95. The number of nitrogens with one attached hydrogen (secondary N) is 1. The second-order valence-electron chi connectivity index (χ2n) is 8.25. The number of amides is 1. The van der Waals surface area contributed by atoms with Crippen LogP contribution in [0.15, 0.2) is 58.5 Å². The Hall–Kier alpha value is -2.60. The van der Waals surface area contributed by atoms with Crippen molar-refractivity contribution in [2.45, 2.75) is 50.7 Å². The van der Waals surface area contributed by atoms with Gasteiger partial charge in [0, 0.05) is 6.04 Å². The number of fused-ring (bicyclic) bond motifs is 1. The molecular weight excluding hydrogens is 394 g/mol. The lowest BCUT2D eigenvalue weighted by molar-refractivity contribution is -0.119. The van der Waals surface area contributed by atoms with Gasteiger partial charge in [-0.1, -0.05) is 55.9 Å². The molecule has 1 aliphatic carbocycles. The second-order valence-corrected chi connectivity index (χ2v) is 9.19. The van der Waals surface area contributed by atoms with Crippen molar-refractivity contribution in [2.75, 3.05) is 5.75 Å². The summed E-state index contributed by atoms with van der Waals surface area (Å²) in [6, 6.07) is 15.5. The van der Waals surface area contributed by atoms with Crippen molar-refractivity contribution in [1.29, 1.82) is 0 Å². The highest BCUT2D eigenvalue weighted by molar-refractivity contribution is 7.99. The molecule has 1 N–H and O–H groups in total. The smallest absolute Gasteiger partial charge is 0.266 e. The number of rotatable bonds is 7. The van der Waals surface area contributed by atoms with Gasteiger partial charge in [0.05, 0.1) is 22.3 Å². The van der Waals surface area contributed by atoms with E-state index >= 15 is 0 Å². The standard InChI is InChI=1S/C24H27N3O2S/c1-15(2)18-8-5-7-11-21(18)27-23(29)19-9-4-6-10-20(19)26-24(27)30-14-22(28)25-16(3)17-12-13-17/h4-11,15-17H,12-14H2,1-3H3,(H,25,28)/t16-/m0/s1. The minimum atomic E-state index is -0.108. The molecule has 0 aliphatic heterocycles. The van der Waals surface area contributed by atoms with Gasteiger partial charge in [-0.05, 0) is 55.4 Å². The van der Waals surface area contributed by atoms with Crippen LogP contribution >= 0.6 is 11.8 Å². The van der Waals surface area contributed by atoms with Crippen LogP contribution in [0.4, 0.5) is 0 Å². The van der Waals surface area contributed by atoms with Gasteiger partial charge >= 0.3 is 0 Å². The van der Waals surface area contributed by atoms with E-state index in [1.165, 1.54) is 24.6 Å². The first-order chi connectivity index (χ1) is 14.5. The molecule has 0 radical (unpaired) electrons. The summed E-state index contributed by atoms with van der Waals surface area (Å²) in [6.45, 7) is 6.28. The van der Waals surface area contributed by atoms with Gasteiger partial charge in [-0.25, -0.2) is 4.98 Å². The zero-order valence-electron chi connectivity index (χ0n) is 17.6. The van der Waals surface area contributed by atoms with Gasteiger partial charge in [0.15, 0.2) is 5.16 Å². The number of benzene rings is 2. The molecule has 1 aliphatic rings. The highest BCUT2D eigenvalue weighted by Gasteiger charge is 2.29. The maximum Gasteiger partial charge on any atom is 0.266 e. The van der Waals surface area contributed by atoms with Gasteiger partial charge in [0.1, 0.15) is 0 Å². The monoisotopic (exact) mass is 421 g/mol. The van der Waals surface area contributed by atoms with Gasteiger partial charge in [-0.2, -0.15) is 0 Å². The van der Waals surface area contributed by atoms with Gasteiger partial charge in [-0.15, -0.1) is 0 Å². The average molecular weight is 422 g/mol. The van der Waals surface area contributed by atoms with Crippen LogP contribution in [-0.2, 0) is 4.79 Å². The van der Waals surface area contributed by atoms with E-state index in [1.54, 1.807) is 10.6 Å². The number of nitrogens with zero attached hydrogens (tertiary/aromatic N) is 2. The highest BCUT2D eigenvalue weighted by Crippen LogP contribution is 2.32. The molecule has 0 spiro atoms. The number of hydrogen-bond acceptors (Lipinski definition) is 4. The summed E-state index contributed by atoms with van der Waals surface area (Å²) in [4.78, 5) is 30.7. The minimum Gasteiger partial charge on any atom is -0.353 e. The van der Waals surface area contributed by atoms with E-state index in [2.05, 4.69) is 26.1 Å². The molecule has 1 fully saturated rings. The van der Waals surface area contributed by atoms with Crippen LogP contribution in [0.5, 0.6) is 0 Å². The van der Waals surface area contributed by atoms with Crippen molar-refractivity contribution >= 4 is 28.6 Å². The van der Waals surface area contributed by atoms with Crippen LogP contribution in [0.2, 0.25) is 0 Å². The number of hydrogen-bond donors (Lipinski definition) is 1. The number of para-hydroxylation sites is 2. The lowest BCUT2D eigenvalue weighted by Gasteiger charge is -2.18. The molecule has 0 bridgehead atoms. The molecule has 3 aromatic rings. The van der Waals surface area contributed by atoms with Crippen molar-refractivity contribution < 1.29 is 4.79 Å². The van der Waals surface area contributed by atoms with E-state index in [-0.39, 0.29) is 29.2 Å². The van der Waals surface area contributed by atoms with Gasteiger partial charge in [0.25, 0.3) is 5.56 Å². The summed E-state index contributed by atoms with van der Waals surface area (Å²) in [5, 5.41) is 4.20. The minimum absolute atomic E-state index is 0.0227. The first-order valence-electron chi connectivity index (χ1n) is 10.5. The van der Waals surface area contributed by atoms with E-state index in [0.29, 0.717) is 22.0 Å². The normalized spacial score (nSPS) is 14.8. The van der Waals surface area contributed by atoms with Crippen molar-refractivity contribution in [3.8, 4) is 5.69 Å². The Labute approximate surface area is 180 Å². The molecule has 1 aromatic heterocycles. The van der Waals surface area contributed by atoms with Crippen molar-refractivity contribution in [3.05, 3.63) is 64.4 Å². The van der Waals surface area contributed by atoms with Crippen LogP contribution < -0.4 is 10.9 Å². The first-order valence-corrected chi connectivity index (χ1v) is 11.5. The summed E-state index contributed by atoms with van der Waals surface area (Å²) in [5.74, 6) is 1.06. The van der Waals surface area contributed by atoms with Gasteiger partial charge in [0.2, 0.25) is 5.91 Å². The number of thioether (sulfide) groups is 1. The van der Waals surface area contributed by atoms with Crippen molar-refractivity contribution in [1.82, 2.24) is 14.9 Å². The molecule has 156 valence electrons. The van der Waals surface area contributed by atoms with Crippen LogP contribution in [-0.4, -0.2) is 27.3 Å². The maximum atomic E-state index is 13.5. The Morgan fingerprint density at radius 3 is 2.57 bits per heavy atom. The summed E-state index contributed by atoms with van der Waals surface area (Å²) >= 11 is 1.31. The molecule has 0 unspecified atom stereocenters. The van der Waals surface area contributed by atoms with Crippen molar-refractivity contribution in [2.24, 2.45) is 5.92 Å². The molecule has 1 atom stereocenters. The third-order valence-electron chi connectivity index (χ3n) is 5.59. The van der Waals surface area contributed by atoms with E-state index < -0.39 is 0 Å². The summed E-state index contributed by atoms with van der Waals surface area (Å²) in [5.41, 5.74) is 2.44. The predicted molar refractivity (Wildman–Crippen MR) is 122 cm³/mol. The van der Waals surface area contributed by atoms with Crippen LogP contribution in [0.1, 0.15) is 45.1 Å². The van der Waals surface area contributed by atoms with Crippen LogP contribution in [0, 0.1) is 5.92 Å². The largest absolute Gasteiger partial charge is 0.353 e. The third-order valence-corrected chi connectivity index (χ3v) is 6.53. The molecule has 30 heavy (non-hydrogen) atoms. The second kappa shape index (κ2) is 8.64. The van der Waals surface area contributed by atoms with Crippen LogP contribution in [0.25, 0.3) is 16.6 Å². The van der Waals surface area contributed by atoms with E-state index in [0.717, 1.165) is 11.3 Å². The molecular formula is C24H27N3O2S. The SMILES string of the molecule is CC(C)c1ccccc1-n1c(SCC(=O)N[C@@H](C)C2CC2)nc2ccccc2c1=O. The predicted octanol–water partition coefficient (Wildman–Crippen LogP) is 4.52. The fourth-order valence-corrected chi connectivity index (χ4v) is 4.56. The molecule has 4 rings (SSSR count). The average Bonchev–Trinajstić information content (AvgIpc) is 3.58. The first kappa shape index (κ1) is 20.7. The molecule has 1 amide bonds. The molecule has 5 nitrogen and oxygen atoms in total. The fourth-order valence-electron chi connectivity index (χ4n) is 3.74. The van der Waals surface area contributed by atoms with E-state index in [4.69, 9.17) is 4.98 Å². The molecule has 1 heterocycles. The lowest BCUT2D eigenvalue weighted by atomic mass is 10.0. The fraction of sp³-hybridized carbons (Fsp3) is 0.375. The van der Waals surface area contributed by atoms with Crippen LogP contribution in [0.3, 0.4) is 0 Å². The highest BCUT2D eigenvalue weighted by atomic mass is 32.2. The van der Waals surface area contributed by atoms with Gasteiger partial charge in [-0.3, -0.25) is 14.2 Å². The molecule has 1 saturated carbocycles. The molecule has 2 aromatic carbocycles. The Morgan fingerprint density at radius 2 is 1.83 bits per heavy atom. The van der Waals surface area contributed by atoms with Crippen molar-refractivity contribution in [3.63, 3.8) is 0 Å². The number of carbonyl (C=O) groups is 1. The Balaban J connectivity index is 1.74. The summed E-state index contributed by atoms with van der Waals surface area (Å²) in [7, 11) is 0. The quantitative estimate of drug-likeness (QED) is 0.450. The topological polar surface area (TPSA) is 64.0 Å². The summed E-state index contributed by atoms with van der Waals surface area (Å²) in [6.07, 6.45) is 2.37. The molecule has 6 heteroatoms. The molecule has 0 saturated heterocycles. The zero-order valence-corrected chi connectivity index (χ0v) is 18.4. The van der Waals surface area contributed by atoms with Gasteiger partial charge < -0.3 is 5.32 Å². The van der Waals surface area contributed by atoms with E-state index in [1.807, 2.05) is 42.5 Å². The number of carbonyl (C=O) groups excluding carboxylic acids is 1. The lowest BCUT2D eigenvalue weighted by Crippen LogP contribution is -2.35.